The highest BCUT2D eigenvalue weighted by Gasteiger charge is 2.20. The van der Waals surface area contributed by atoms with Crippen LogP contribution < -0.4 is 5.06 Å². The van der Waals surface area contributed by atoms with Crippen molar-refractivity contribution >= 4 is 11.5 Å². The molecule has 0 heterocycles. The summed E-state index contributed by atoms with van der Waals surface area (Å²) in [6, 6.07) is 27.5. The van der Waals surface area contributed by atoms with Gasteiger partial charge in [-0.15, -0.1) is 0 Å². The van der Waals surface area contributed by atoms with Crippen LogP contribution in [0, 0.1) is 5.21 Å². The second kappa shape index (κ2) is 9.79. The van der Waals surface area contributed by atoms with E-state index in [1.54, 1.807) is 7.05 Å². The first-order valence-corrected chi connectivity index (χ1v) is 9.52. The molecule has 0 radical (unpaired) electrons. The van der Waals surface area contributed by atoms with Gasteiger partial charge in [0, 0.05) is 6.42 Å². The van der Waals surface area contributed by atoms with Gasteiger partial charge >= 0.3 is 0 Å². The maximum Gasteiger partial charge on any atom is 0.148 e. The van der Waals surface area contributed by atoms with Crippen molar-refractivity contribution in [3.63, 3.8) is 0 Å². The smallest absolute Gasteiger partial charge is 0.148 e. The van der Waals surface area contributed by atoms with Crippen LogP contribution in [0.5, 0.6) is 0 Å². The first-order chi connectivity index (χ1) is 13.6. The zero-order valence-corrected chi connectivity index (χ0v) is 16.0. The van der Waals surface area contributed by atoms with Crippen LogP contribution in [0.2, 0.25) is 0 Å². The van der Waals surface area contributed by atoms with E-state index in [0.717, 1.165) is 28.8 Å². The molecule has 0 aliphatic rings. The molecule has 3 nitrogen and oxygen atoms in total. The van der Waals surface area contributed by atoms with Crippen LogP contribution in [0.4, 0.5) is 5.69 Å². The topological polar surface area (TPSA) is 44.6 Å². The minimum atomic E-state index is -0.248. The number of ketones is 1. The highest BCUT2D eigenvalue weighted by molar-refractivity contribution is 5.90. The second-order valence-corrected chi connectivity index (χ2v) is 6.85. The molecule has 1 atom stereocenters. The average Bonchev–Trinajstić information content (AvgIpc) is 2.73. The van der Waals surface area contributed by atoms with E-state index in [4.69, 9.17) is 0 Å². The second-order valence-electron chi connectivity index (χ2n) is 6.85. The fourth-order valence-electron chi connectivity index (χ4n) is 3.27. The molecule has 3 aromatic carbocycles. The summed E-state index contributed by atoms with van der Waals surface area (Å²) in [6.07, 6.45) is 5.10. The molecule has 0 amide bonds. The van der Waals surface area contributed by atoms with Gasteiger partial charge in [-0.05, 0) is 35.2 Å². The molecule has 28 heavy (non-hydrogen) atoms. The molecule has 0 spiro atoms. The summed E-state index contributed by atoms with van der Waals surface area (Å²) in [4.78, 5) is 13.0. The number of Topliss-reactive ketones (excluding diaryl/α,β-unsaturated/α-hetero) is 1. The Morgan fingerprint density at radius 2 is 1.39 bits per heavy atom. The van der Waals surface area contributed by atoms with Crippen LogP contribution in [-0.2, 0) is 11.2 Å². The quantitative estimate of drug-likeness (QED) is 0.476. The van der Waals surface area contributed by atoms with Crippen molar-refractivity contribution < 1.29 is 9.86 Å². The number of carbonyl (C=O) groups is 1. The lowest BCUT2D eigenvalue weighted by molar-refractivity contribution is -0.751. The number of hydrogen-bond donors (Lipinski definition) is 1. The van der Waals surface area contributed by atoms with E-state index >= 15 is 0 Å². The maximum atomic E-state index is 13.0. The van der Waals surface area contributed by atoms with Gasteiger partial charge in [0.15, 0.2) is 0 Å². The fourth-order valence-corrected chi connectivity index (χ4v) is 3.27. The van der Waals surface area contributed by atoms with E-state index in [9.17, 15) is 10.0 Å². The fraction of sp³-hybridized carbons (Fsp3) is 0.160. The minimum Gasteiger partial charge on any atom is -0.629 e. The van der Waals surface area contributed by atoms with E-state index in [1.165, 1.54) is 0 Å². The van der Waals surface area contributed by atoms with Gasteiger partial charge in [0.1, 0.15) is 11.5 Å². The molecule has 142 valence electrons. The molecule has 0 aromatic heterocycles. The Morgan fingerprint density at radius 1 is 0.857 bits per heavy atom. The first-order valence-electron chi connectivity index (χ1n) is 9.52. The van der Waals surface area contributed by atoms with Gasteiger partial charge in [-0.25, -0.2) is 0 Å². The summed E-state index contributed by atoms with van der Waals surface area (Å²) < 4.78 is 0. The van der Waals surface area contributed by atoms with Crippen molar-refractivity contribution in [3.05, 3.63) is 119 Å². The summed E-state index contributed by atoms with van der Waals surface area (Å²) in [5.41, 5.74) is 3.88. The molecule has 0 saturated heterocycles. The van der Waals surface area contributed by atoms with Crippen molar-refractivity contribution in [1.29, 1.82) is 0 Å². The lowest BCUT2D eigenvalue weighted by Crippen LogP contribution is -2.98. The molecule has 0 saturated carbocycles. The van der Waals surface area contributed by atoms with Crippen LogP contribution in [0.25, 0.3) is 0 Å². The van der Waals surface area contributed by atoms with Gasteiger partial charge in [0.05, 0.1) is 13.0 Å². The maximum absolute atomic E-state index is 13.0. The van der Waals surface area contributed by atoms with E-state index in [0.29, 0.717) is 6.42 Å². The Hall–Kier alpha value is -3.01. The lowest BCUT2D eigenvalue weighted by Gasteiger charge is -2.16. The SMILES string of the molecule is C[NH+]([O-])c1ccc(C/C=C/CC(=O)C(c2ccccc2)c2ccccc2)cc1. The summed E-state index contributed by atoms with van der Waals surface area (Å²) in [5.74, 6) is -0.0672. The zero-order valence-electron chi connectivity index (χ0n) is 16.0. The van der Waals surface area contributed by atoms with Gasteiger partial charge in [0.2, 0.25) is 0 Å². The number of nitrogens with one attached hydrogen (secondary N) is 1. The third-order valence-corrected chi connectivity index (χ3v) is 4.79. The molecule has 0 aliphatic carbocycles. The van der Waals surface area contributed by atoms with Crippen LogP contribution in [0.1, 0.15) is 29.0 Å². The minimum absolute atomic E-state index is 0.0700. The van der Waals surface area contributed by atoms with Crippen molar-refractivity contribution in [2.45, 2.75) is 18.8 Å². The third-order valence-electron chi connectivity index (χ3n) is 4.79. The van der Waals surface area contributed by atoms with Crippen LogP contribution >= 0.6 is 0 Å². The Balaban J connectivity index is 1.66. The summed E-state index contributed by atoms with van der Waals surface area (Å²) in [7, 11) is 1.57. The summed E-state index contributed by atoms with van der Waals surface area (Å²) in [5, 5.41) is 11.4. The number of allylic oxidation sites excluding steroid dienone is 2. The predicted molar refractivity (Wildman–Crippen MR) is 114 cm³/mol. The van der Waals surface area contributed by atoms with Gasteiger partial charge < -0.3 is 10.3 Å². The number of hydroxylamine groups is 1. The predicted octanol–water partition coefficient (Wildman–Crippen LogP) is 4.22. The molecule has 3 heteroatoms. The Bertz CT molecular complexity index is 861. The molecule has 3 rings (SSSR count). The molecule has 0 bridgehead atoms. The Labute approximate surface area is 166 Å². The Morgan fingerprint density at radius 3 is 1.89 bits per heavy atom. The largest absolute Gasteiger partial charge is 0.629 e. The molecule has 1 unspecified atom stereocenters. The van der Waals surface area contributed by atoms with Crippen molar-refractivity contribution in [2.24, 2.45) is 0 Å². The lowest BCUT2D eigenvalue weighted by atomic mass is 9.86. The van der Waals surface area contributed by atoms with E-state index < -0.39 is 0 Å². The molecule has 0 aliphatic heterocycles. The van der Waals surface area contributed by atoms with Crippen LogP contribution in [0.3, 0.4) is 0 Å². The standard InChI is InChI=1S/C25H25NO2/c1-26(28)23-18-16-20(17-19-23)10-8-9-15-24(27)25(21-11-4-2-5-12-21)22-13-6-3-7-14-22/h2-9,11-14,16-19,25-26H,10,15H2,1H3/b9-8+. The van der Waals surface area contributed by atoms with Crippen LogP contribution in [-0.4, -0.2) is 12.8 Å². The summed E-state index contributed by atoms with van der Waals surface area (Å²) >= 11 is 0. The first kappa shape index (κ1) is 19.7. The van der Waals surface area contributed by atoms with Gasteiger partial charge in [0.25, 0.3) is 0 Å². The summed E-state index contributed by atoms with van der Waals surface area (Å²) in [6.45, 7) is 0. The normalized spacial score (nSPS) is 12.4. The molecular weight excluding hydrogens is 346 g/mol. The Kier molecular flexibility index (Phi) is 6.90. The van der Waals surface area contributed by atoms with Gasteiger partial charge in [-0.1, -0.05) is 84.9 Å². The number of quaternary nitrogens is 1. The van der Waals surface area contributed by atoms with E-state index in [2.05, 4.69) is 0 Å². The van der Waals surface area contributed by atoms with E-state index in [1.807, 2.05) is 97.1 Å². The number of carbonyl (C=O) groups excluding carboxylic acids is 1. The van der Waals surface area contributed by atoms with Crippen LogP contribution in [0.15, 0.2) is 97.1 Å². The highest BCUT2D eigenvalue weighted by atomic mass is 16.5. The zero-order chi connectivity index (χ0) is 19.8. The van der Waals surface area contributed by atoms with Gasteiger partial charge in [-0.2, -0.15) is 0 Å². The third kappa shape index (κ3) is 5.26. The molecule has 1 N–H and O–H groups in total. The molecule has 0 fully saturated rings. The number of benzene rings is 3. The van der Waals surface area contributed by atoms with Gasteiger partial charge in [-0.3, -0.25) is 4.79 Å². The monoisotopic (exact) mass is 371 g/mol. The van der Waals surface area contributed by atoms with Crippen molar-refractivity contribution in [1.82, 2.24) is 0 Å². The van der Waals surface area contributed by atoms with Crippen molar-refractivity contribution in [2.75, 3.05) is 7.05 Å². The highest BCUT2D eigenvalue weighted by Crippen LogP contribution is 2.26. The molecule has 3 aromatic rings. The average molecular weight is 371 g/mol. The number of rotatable bonds is 8. The van der Waals surface area contributed by atoms with E-state index in [-0.39, 0.29) is 16.8 Å². The molecular formula is C25H25NO2. The van der Waals surface area contributed by atoms with Crippen molar-refractivity contribution in [3.8, 4) is 0 Å². The number of hydrogen-bond acceptors (Lipinski definition) is 2.